The van der Waals surface area contributed by atoms with Gasteiger partial charge in [-0.25, -0.2) is 9.78 Å². The third-order valence-electron chi connectivity index (χ3n) is 5.79. The normalized spacial score (nSPS) is 25.6. The van der Waals surface area contributed by atoms with Crippen LogP contribution in [0.25, 0.3) is 0 Å². The molecule has 0 atom stereocenters. The van der Waals surface area contributed by atoms with Crippen molar-refractivity contribution in [2.45, 2.75) is 58.9 Å². The summed E-state index contributed by atoms with van der Waals surface area (Å²) in [5.41, 5.74) is 0.304. The van der Waals surface area contributed by atoms with E-state index in [1.54, 1.807) is 12.3 Å². The zero-order chi connectivity index (χ0) is 19.8. The summed E-state index contributed by atoms with van der Waals surface area (Å²) in [7, 11) is 0. The Balaban J connectivity index is 1.64. The van der Waals surface area contributed by atoms with Gasteiger partial charge in [0.05, 0.1) is 0 Å². The Bertz CT molecular complexity index is 761. The SMILES string of the molecule is Cc1ccnc(NC(=O)CN2C(=O)NC3(CCC(C(C)(C)C)CC3)C2=O)c1. The summed E-state index contributed by atoms with van der Waals surface area (Å²) in [4.78, 5) is 42.7. The zero-order valence-corrected chi connectivity index (χ0v) is 16.5. The van der Waals surface area contributed by atoms with Gasteiger partial charge in [-0.15, -0.1) is 0 Å². The van der Waals surface area contributed by atoms with Crippen molar-refractivity contribution in [3.05, 3.63) is 23.9 Å². The number of hydrogen-bond donors (Lipinski definition) is 2. The minimum atomic E-state index is -0.847. The number of hydrogen-bond acceptors (Lipinski definition) is 4. The summed E-state index contributed by atoms with van der Waals surface area (Å²) in [6.45, 7) is 8.22. The van der Waals surface area contributed by atoms with Crippen LogP contribution in [-0.2, 0) is 9.59 Å². The number of nitrogens with zero attached hydrogens (tertiary/aromatic N) is 2. The minimum absolute atomic E-state index is 0.188. The number of imide groups is 1. The van der Waals surface area contributed by atoms with Crippen LogP contribution in [0.3, 0.4) is 0 Å². The first kappa shape index (κ1) is 19.3. The van der Waals surface area contributed by atoms with E-state index in [0.717, 1.165) is 23.3 Å². The quantitative estimate of drug-likeness (QED) is 0.798. The minimum Gasteiger partial charge on any atom is -0.323 e. The molecule has 2 heterocycles. The molecule has 0 unspecified atom stereocenters. The molecular formula is C20H28N4O3. The van der Waals surface area contributed by atoms with Crippen LogP contribution in [0.15, 0.2) is 18.3 Å². The van der Waals surface area contributed by atoms with Gasteiger partial charge < -0.3 is 10.6 Å². The summed E-state index contributed by atoms with van der Waals surface area (Å²) in [5.74, 6) is 0.217. The fourth-order valence-corrected chi connectivity index (χ4v) is 4.07. The van der Waals surface area contributed by atoms with E-state index in [4.69, 9.17) is 0 Å². The molecule has 27 heavy (non-hydrogen) atoms. The summed E-state index contributed by atoms with van der Waals surface area (Å²) in [5, 5.41) is 5.51. The molecule has 1 aliphatic carbocycles. The molecule has 1 aromatic heterocycles. The van der Waals surface area contributed by atoms with Crippen LogP contribution >= 0.6 is 0 Å². The molecule has 146 valence electrons. The molecule has 1 aromatic rings. The Labute approximate surface area is 159 Å². The summed E-state index contributed by atoms with van der Waals surface area (Å²) in [6, 6.07) is 3.07. The van der Waals surface area contributed by atoms with Gasteiger partial charge in [0.1, 0.15) is 17.9 Å². The molecule has 1 spiro atoms. The van der Waals surface area contributed by atoms with Crippen molar-refractivity contribution in [2.24, 2.45) is 11.3 Å². The molecule has 1 aliphatic heterocycles. The van der Waals surface area contributed by atoms with Crippen LogP contribution in [0.2, 0.25) is 0 Å². The number of rotatable bonds is 3. The number of urea groups is 1. The number of carbonyl (C=O) groups excluding carboxylic acids is 3. The van der Waals surface area contributed by atoms with E-state index in [1.807, 2.05) is 13.0 Å². The number of pyridine rings is 1. The third-order valence-corrected chi connectivity index (χ3v) is 5.79. The van der Waals surface area contributed by atoms with Crippen LogP contribution < -0.4 is 10.6 Å². The lowest BCUT2D eigenvalue weighted by atomic mass is 9.67. The maximum atomic E-state index is 12.9. The van der Waals surface area contributed by atoms with Crippen LogP contribution in [0.5, 0.6) is 0 Å². The molecule has 7 heteroatoms. The molecule has 0 radical (unpaired) electrons. The number of nitrogens with one attached hydrogen (secondary N) is 2. The molecule has 2 N–H and O–H groups in total. The van der Waals surface area contributed by atoms with Crippen LogP contribution in [0, 0.1) is 18.3 Å². The second kappa shape index (κ2) is 6.94. The lowest BCUT2D eigenvalue weighted by Crippen LogP contribution is -2.51. The Morgan fingerprint density at radius 2 is 2.00 bits per heavy atom. The molecule has 0 bridgehead atoms. The Morgan fingerprint density at radius 1 is 1.33 bits per heavy atom. The predicted molar refractivity (Wildman–Crippen MR) is 102 cm³/mol. The first-order chi connectivity index (χ1) is 12.6. The van der Waals surface area contributed by atoms with Gasteiger partial charge >= 0.3 is 6.03 Å². The van der Waals surface area contributed by atoms with E-state index in [0.29, 0.717) is 24.6 Å². The molecule has 1 saturated carbocycles. The van der Waals surface area contributed by atoms with Crippen molar-refractivity contribution in [3.8, 4) is 0 Å². The summed E-state index contributed by atoms with van der Waals surface area (Å²) < 4.78 is 0. The number of aromatic nitrogens is 1. The van der Waals surface area contributed by atoms with Gasteiger partial charge in [0, 0.05) is 6.20 Å². The molecular weight excluding hydrogens is 344 g/mol. The lowest BCUT2D eigenvalue weighted by Gasteiger charge is -2.40. The topological polar surface area (TPSA) is 91.4 Å². The fourth-order valence-electron chi connectivity index (χ4n) is 4.07. The zero-order valence-electron chi connectivity index (χ0n) is 16.5. The number of carbonyl (C=O) groups is 3. The van der Waals surface area contributed by atoms with Gasteiger partial charge in [0.25, 0.3) is 5.91 Å². The maximum Gasteiger partial charge on any atom is 0.325 e. The first-order valence-electron chi connectivity index (χ1n) is 9.47. The first-order valence-corrected chi connectivity index (χ1v) is 9.47. The average Bonchev–Trinajstić information content (AvgIpc) is 2.79. The highest BCUT2D eigenvalue weighted by Crippen LogP contribution is 2.43. The van der Waals surface area contributed by atoms with Gasteiger partial charge in [-0.3, -0.25) is 14.5 Å². The Kier molecular flexibility index (Phi) is 4.97. The van der Waals surface area contributed by atoms with Crippen molar-refractivity contribution >= 4 is 23.7 Å². The second-order valence-corrected chi connectivity index (χ2v) is 8.81. The fraction of sp³-hybridized carbons (Fsp3) is 0.600. The van der Waals surface area contributed by atoms with Crippen molar-refractivity contribution in [3.63, 3.8) is 0 Å². The lowest BCUT2D eigenvalue weighted by molar-refractivity contribution is -0.135. The van der Waals surface area contributed by atoms with E-state index in [-0.39, 0.29) is 17.9 Å². The average molecular weight is 372 g/mol. The van der Waals surface area contributed by atoms with E-state index < -0.39 is 17.5 Å². The Hall–Kier alpha value is -2.44. The van der Waals surface area contributed by atoms with Gasteiger partial charge in [-0.2, -0.15) is 0 Å². The third kappa shape index (κ3) is 3.96. The van der Waals surface area contributed by atoms with E-state index in [9.17, 15) is 14.4 Å². The summed E-state index contributed by atoms with van der Waals surface area (Å²) in [6.07, 6.45) is 4.63. The van der Waals surface area contributed by atoms with Crippen molar-refractivity contribution in [1.82, 2.24) is 15.2 Å². The van der Waals surface area contributed by atoms with Crippen molar-refractivity contribution < 1.29 is 14.4 Å². The molecule has 2 aliphatic rings. The molecule has 4 amide bonds. The van der Waals surface area contributed by atoms with Crippen molar-refractivity contribution in [1.29, 1.82) is 0 Å². The number of anilines is 1. The largest absolute Gasteiger partial charge is 0.325 e. The van der Waals surface area contributed by atoms with Crippen LogP contribution in [0.4, 0.5) is 10.6 Å². The molecule has 0 aromatic carbocycles. The monoisotopic (exact) mass is 372 g/mol. The molecule has 1 saturated heterocycles. The molecule has 7 nitrogen and oxygen atoms in total. The predicted octanol–water partition coefficient (Wildman–Crippen LogP) is 2.86. The van der Waals surface area contributed by atoms with Gasteiger partial charge in [0.15, 0.2) is 0 Å². The van der Waals surface area contributed by atoms with Crippen LogP contribution in [-0.4, -0.2) is 39.8 Å². The van der Waals surface area contributed by atoms with E-state index in [2.05, 4.69) is 36.4 Å². The molecule has 2 fully saturated rings. The Morgan fingerprint density at radius 3 is 2.59 bits per heavy atom. The number of amides is 4. The van der Waals surface area contributed by atoms with Crippen molar-refractivity contribution in [2.75, 3.05) is 11.9 Å². The highest BCUT2D eigenvalue weighted by Gasteiger charge is 2.53. The van der Waals surface area contributed by atoms with E-state index >= 15 is 0 Å². The standard InChI is InChI=1S/C20H28N4O3/c1-13-7-10-21-15(11-13)22-16(25)12-24-17(26)20(23-18(24)27)8-5-14(6-9-20)19(2,3)4/h7,10-11,14H,5-6,8-9,12H2,1-4H3,(H,23,27)(H,21,22,25). The van der Waals surface area contributed by atoms with Gasteiger partial charge in [-0.1, -0.05) is 20.8 Å². The maximum absolute atomic E-state index is 12.9. The molecule has 3 rings (SSSR count). The highest BCUT2D eigenvalue weighted by atomic mass is 16.2. The van der Waals surface area contributed by atoms with E-state index in [1.165, 1.54) is 0 Å². The second-order valence-electron chi connectivity index (χ2n) is 8.81. The highest BCUT2D eigenvalue weighted by molar-refractivity contribution is 6.10. The summed E-state index contributed by atoms with van der Waals surface area (Å²) >= 11 is 0. The van der Waals surface area contributed by atoms with Gasteiger partial charge in [-0.05, 0) is 61.6 Å². The van der Waals surface area contributed by atoms with Gasteiger partial charge in [0.2, 0.25) is 5.91 Å². The smallest absolute Gasteiger partial charge is 0.323 e. The number of aryl methyl sites for hydroxylation is 1. The van der Waals surface area contributed by atoms with Crippen LogP contribution in [0.1, 0.15) is 52.0 Å².